The molecule has 0 atom stereocenters. The van der Waals surface area contributed by atoms with Crippen LogP contribution in [0.2, 0.25) is 0 Å². The third kappa shape index (κ3) is 4.26. The highest BCUT2D eigenvalue weighted by Gasteiger charge is 2.18. The van der Waals surface area contributed by atoms with Gasteiger partial charge in [-0.05, 0) is 36.8 Å². The summed E-state index contributed by atoms with van der Waals surface area (Å²) < 4.78 is 25.1. The van der Waals surface area contributed by atoms with Crippen LogP contribution >= 0.6 is 0 Å². The van der Waals surface area contributed by atoms with Gasteiger partial charge in [0.2, 0.25) is 9.84 Å². The van der Waals surface area contributed by atoms with Crippen molar-refractivity contribution < 1.29 is 13.2 Å². The Hall–Kier alpha value is -2.54. The molecule has 7 heteroatoms. The van der Waals surface area contributed by atoms with Crippen LogP contribution in [0.5, 0.6) is 0 Å². The molecule has 0 unspecified atom stereocenters. The number of sulfone groups is 1. The van der Waals surface area contributed by atoms with E-state index in [0.29, 0.717) is 12.2 Å². The van der Waals surface area contributed by atoms with Gasteiger partial charge < -0.3 is 16.4 Å². The molecule has 0 heterocycles. The Bertz CT molecular complexity index is 805. The predicted molar refractivity (Wildman–Crippen MR) is 94.7 cm³/mol. The number of unbranched alkanes of at least 4 members (excludes halogenated alkanes) is 1. The fourth-order valence-electron chi connectivity index (χ4n) is 2.10. The number of nitrogen functional groups attached to an aromatic ring is 1. The van der Waals surface area contributed by atoms with Crippen molar-refractivity contribution in [1.82, 2.24) is 5.32 Å². The van der Waals surface area contributed by atoms with Crippen molar-refractivity contribution in [3.8, 4) is 0 Å². The van der Waals surface area contributed by atoms with Crippen molar-refractivity contribution >= 4 is 27.2 Å². The summed E-state index contributed by atoms with van der Waals surface area (Å²) in [5.74, 6) is 0. The number of carbonyl (C=O) groups excluding carboxylic acids is 1. The molecule has 0 saturated carbocycles. The molecule has 0 aromatic heterocycles. The van der Waals surface area contributed by atoms with E-state index in [1.807, 2.05) is 6.92 Å². The van der Waals surface area contributed by atoms with E-state index in [4.69, 9.17) is 5.73 Å². The fraction of sp³-hybridized carbons (Fsp3) is 0.235. The van der Waals surface area contributed by atoms with Crippen molar-refractivity contribution in [2.75, 3.05) is 17.6 Å². The second-order valence-corrected chi connectivity index (χ2v) is 7.25. The highest BCUT2D eigenvalue weighted by atomic mass is 32.2. The number of nitrogens with two attached hydrogens (primary N) is 1. The Morgan fingerprint density at radius 2 is 1.79 bits per heavy atom. The number of rotatable bonds is 6. The van der Waals surface area contributed by atoms with Crippen molar-refractivity contribution in [2.24, 2.45) is 0 Å². The first-order chi connectivity index (χ1) is 11.4. The van der Waals surface area contributed by atoms with Gasteiger partial charge in [0.25, 0.3) is 0 Å². The van der Waals surface area contributed by atoms with Crippen LogP contribution < -0.4 is 16.4 Å². The van der Waals surface area contributed by atoms with Crippen LogP contribution in [0.3, 0.4) is 0 Å². The van der Waals surface area contributed by atoms with Gasteiger partial charge in [0, 0.05) is 6.54 Å². The Balaban J connectivity index is 2.17. The van der Waals surface area contributed by atoms with Crippen molar-refractivity contribution in [3.05, 3.63) is 48.5 Å². The summed E-state index contributed by atoms with van der Waals surface area (Å²) in [7, 11) is -3.63. The summed E-state index contributed by atoms with van der Waals surface area (Å²) in [5.41, 5.74) is 6.46. The van der Waals surface area contributed by atoms with E-state index in [1.54, 1.807) is 18.2 Å². The molecule has 2 amide bonds. The van der Waals surface area contributed by atoms with E-state index in [0.717, 1.165) is 12.8 Å². The number of nitrogens with one attached hydrogen (secondary N) is 2. The average Bonchev–Trinajstić information content (AvgIpc) is 2.57. The first kappa shape index (κ1) is 17.8. The molecular formula is C17H21N3O3S. The molecule has 0 bridgehead atoms. The summed E-state index contributed by atoms with van der Waals surface area (Å²) in [6.07, 6.45) is 1.87. The highest BCUT2D eigenvalue weighted by molar-refractivity contribution is 7.91. The zero-order valence-corrected chi connectivity index (χ0v) is 14.3. The van der Waals surface area contributed by atoms with E-state index in [-0.39, 0.29) is 21.5 Å². The third-order valence-corrected chi connectivity index (χ3v) is 5.22. The molecule has 24 heavy (non-hydrogen) atoms. The fourth-order valence-corrected chi connectivity index (χ4v) is 3.42. The predicted octanol–water partition coefficient (Wildman–Crippen LogP) is 3.02. The zero-order valence-electron chi connectivity index (χ0n) is 13.5. The lowest BCUT2D eigenvalue weighted by Gasteiger charge is -2.11. The molecule has 0 spiro atoms. The molecular weight excluding hydrogens is 326 g/mol. The van der Waals surface area contributed by atoms with E-state index < -0.39 is 9.84 Å². The average molecular weight is 347 g/mol. The lowest BCUT2D eigenvalue weighted by Crippen LogP contribution is -2.29. The molecule has 128 valence electrons. The van der Waals surface area contributed by atoms with Crippen molar-refractivity contribution in [2.45, 2.75) is 29.6 Å². The lowest BCUT2D eigenvalue weighted by atomic mass is 10.3. The highest BCUT2D eigenvalue weighted by Crippen LogP contribution is 2.26. The van der Waals surface area contributed by atoms with Crippen LogP contribution in [0.4, 0.5) is 16.2 Å². The summed E-state index contributed by atoms with van der Waals surface area (Å²) in [5, 5.41) is 5.32. The maximum absolute atomic E-state index is 12.5. The number of benzene rings is 2. The summed E-state index contributed by atoms with van der Waals surface area (Å²) >= 11 is 0. The Kier molecular flexibility index (Phi) is 5.81. The van der Waals surface area contributed by atoms with Gasteiger partial charge in [-0.25, -0.2) is 13.2 Å². The van der Waals surface area contributed by atoms with Crippen LogP contribution in [-0.4, -0.2) is 21.0 Å². The molecule has 0 aliphatic heterocycles. The second kappa shape index (κ2) is 7.83. The summed E-state index contributed by atoms with van der Waals surface area (Å²) in [6.45, 7) is 2.60. The van der Waals surface area contributed by atoms with Crippen molar-refractivity contribution in [1.29, 1.82) is 0 Å². The van der Waals surface area contributed by atoms with Gasteiger partial charge >= 0.3 is 6.03 Å². The maximum atomic E-state index is 12.5. The van der Waals surface area contributed by atoms with Gasteiger partial charge in [-0.1, -0.05) is 31.5 Å². The second-order valence-electron chi connectivity index (χ2n) is 5.30. The van der Waals surface area contributed by atoms with E-state index in [1.165, 1.54) is 30.3 Å². The van der Waals surface area contributed by atoms with Crippen LogP contribution in [0.1, 0.15) is 19.8 Å². The van der Waals surface area contributed by atoms with Crippen LogP contribution in [0.15, 0.2) is 58.3 Å². The molecule has 2 aromatic carbocycles. The molecule has 0 saturated heterocycles. The van der Waals surface area contributed by atoms with E-state index >= 15 is 0 Å². The van der Waals surface area contributed by atoms with Gasteiger partial charge in [-0.2, -0.15) is 0 Å². The number of anilines is 2. The Morgan fingerprint density at radius 1 is 1.08 bits per heavy atom. The number of urea groups is 1. The minimum Gasteiger partial charge on any atom is -0.397 e. The topological polar surface area (TPSA) is 101 Å². The first-order valence-corrected chi connectivity index (χ1v) is 9.18. The van der Waals surface area contributed by atoms with Gasteiger partial charge in [0.05, 0.1) is 21.2 Å². The molecule has 0 radical (unpaired) electrons. The van der Waals surface area contributed by atoms with Gasteiger partial charge in [-0.3, -0.25) is 0 Å². The largest absolute Gasteiger partial charge is 0.397 e. The summed E-state index contributed by atoms with van der Waals surface area (Å²) in [4.78, 5) is 12.0. The minimum absolute atomic E-state index is 0.0862. The minimum atomic E-state index is -3.63. The Morgan fingerprint density at radius 3 is 2.42 bits per heavy atom. The summed E-state index contributed by atoms with van der Waals surface area (Å²) in [6, 6.07) is 12.0. The first-order valence-electron chi connectivity index (χ1n) is 7.69. The van der Waals surface area contributed by atoms with Gasteiger partial charge in [0.15, 0.2) is 0 Å². The Labute approximate surface area is 142 Å². The number of hydrogen-bond donors (Lipinski definition) is 3. The third-order valence-electron chi connectivity index (χ3n) is 3.45. The zero-order chi connectivity index (χ0) is 17.6. The van der Waals surface area contributed by atoms with E-state index in [2.05, 4.69) is 10.6 Å². The van der Waals surface area contributed by atoms with Gasteiger partial charge in [-0.15, -0.1) is 0 Å². The molecule has 2 aromatic rings. The smallest absolute Gasteiger partial charge is 0.319 e. The molecule has 6 nitrogen and oxygen atoms in total. The molecule has 4 N–H and O–H groups in total. The number of amides is 2. The quantitative estimate of drug-likeness (QED) is 0.552. The van der Waals surface area contributed by atoms with E-state index in [9.17, 15) is 13.2 Å². The van der Waals surface area contributed by atoms with Gasteiger partial charge in [0.1, 0.15) is 0 Å². The maximum Gasteiger partial charge on any atom is 0.319 e. The lowest BCUT2D eigenvalue weighted by molar-refractivity contribution is 0.252. The van der Waals surface area contributed by atoms with Crippen LogP contribution in [0, 0.1) is 0 Å². The normalized spacial score (nSPS) is 11.0. The number of carbonyl (C=O) groups is 1. The standard InChI is InChI=1S/C17H21N3O3S/c1-2-3-11-19-17(21)20-16-10-9-14(12-15(16)18)24(22,23)13-7-5-4-6-8-13/h4-10,12H,2-3,11,18H2,1H3,(H2,19,20,21). The molecule has 0 aliphatic carbocycles. The van der Waals surface area contributed by atoms with Crippen LogP contribution in [0.25, 0.3) is 0 Å². The monoisotopic (exact) mass is 347 g/mol. The molecule has 2 rings (SSSR count). The molecule has 0 fully saturated rings. The SMILES string of the molecule is CCCCNC(=O)Nc1ccc(S(=O)(=O)c2ccccc2)cc1N. The molecule has 0 aliphatic rings. The van der Waals surface area contributed by atoms with Crippen LogP contribution in [-0.2, 0) is 9.84 Å². The van der Waals surface area contributed by atoms with Crippen molar-refractivity contribution in [3.63, 3.8) is 0 Å². The number of hydrogen-bond acceptors (Lipinski definition) is 4.